The zero-order chi connectivity index (χ0) is 26.3. The van der Waals surface area contributed by atoms with Crippen LogP contribution >= 0.6 is 15.8 Å². The topological polar surface area (TPSA) is 9.23 Å². The first-order chi connectivity index (χ1) is 19.4. The Hall–Kier alpha value is -3.53. The number of hydrogen-bond donors (Lipinski definition) is 0. The van der Waals surface area contributed by atoms with Gasteiger partial charge >= 0.3 is 0 Å². The van der Waals surface area contributed by atoms with Crippen molar-refractivity contribution < 1.29 is 21.2 Å². The van der Waals surface area contributed by atoms with E-state index in [1.54, 1.807) is 0 Å². The predicted molar refractivity (Wildman–Crippen MR) is 170 cm³/mol. The monoisotopic (exact) mass is 596 g/mol. The van der Waals surface area contributed by atoms with Gasteiger partial charge < -0.3 is 4.74 Å². The molecular weight excluding hydrogens is 569 g/mol. The summed E-state index contributed by atoms with van der Waals surface area (Å²) >= 11 is 0. The van der Waals surface area contributed by atoms with Gasteiger partial charge in [0, 0.05) is 27.1 Å². The molecule has 0 saturated heterocycles. The minimum Gasteiger partial charge on any atom is -0.456 e. The molecule has 6 rings (SSSR count). The Morgan fingerprint density at radius 1 is 0.300 bits per heavy atom. The van der Waals surface area contributed by atoms with Crippen LogP contribution in [0.25, 0.3) is 0 Å². The third-order valence-electron chi connectivity index (χ3n) is 6.49. The molecule has 1 nitrogen and oxygen atoms in total. The van der Waals surface area contributed by atoms with Gasteiger partial charge in [-0.05, 0) is 49.2 Å². The average molecular weight is 597 g/mol. The molecular formula is C36H28NiOP2. The van der Waals surface area contributed by atoms with E-state index in [4.69, 9.17) is 4.74 Å². The molecule has 6 aromatic rings. The van der Waals surface area contributed by atoms with Crippen molar-refractivity contribution in [2.24, 2.45) is 0 Å². The first-order valence-corrected chi connectivity index (χ1v) is 15.7. The quantitative estimate of drug-likeness (QED) is 0.136. The second-order valence-electron chi connectivity index (χ2n) is 9.05. The van der Waals surface area contributed by atoms with E-state index in [0.717, 1.165) is 11.5 Å². The molecule has 0 aliphatic carbocycles. The zero-order valence-electron chi connectivity index (χ0n) is 21.8. The second kappa shape index (κ2) is 13.7. The van der Waals surface area contributed by atoms with Crippen LogP contribution in [0.15, 0.2) is 170 Å². The predicted octanol–water partition coefficient (Wildman–Crippen LogP) is 6.99. The van der Waals surface area contributed by atoms with E-state index >= 15 is 0 Å². The first kappa shape index (κ1) is 28.0. The summed E-state index contributed by atoms with van der Waals surface area (Å²) in [5.74, 6) is 1.81. The van der Waals surface area contributed by atoms with Gasteiger partial charge in [0.1, 0.15) is 11.5 Å². The largest absolute Gasteiger partial charge is 0.456 e. The van der Waals surface area contributed by atoms with E-state index in [2.05, 4.69) is 170 Å². The Morgan fingerprint density at radius 2 is 0.550 bits per heavy atom. The van der Waals surface area contributed by atoms with Gasteiger partial charge in [-0.3, -0.25) is 0 Å². The maximum Gasteiger partial charge on any atom is 0.135 e. The Kier molecular flexibility index (Phi) is 9.60. The Morgan fingerprint density at radius 3 is 0.850 bits per heavy atom. The summed E-state index contributed by atoms with van der Waals surface area (Å²) in [5.41, 5.74) is 0. The van der Waals surface area contributed by atoms with Crippen LogP contribution in [-0.2, 0) is 16.5 Å². The molecule has 0 saturated carbocycles. The molecule has 0 heterocycles. The van der Waals surface area contributed by atoms with E-state index in [9.17, 15) is 0 Å². The zero-order valence-corrected chi connectivity index (χ0v) is 24.6. The van der Waals surface area contributed by atoms with Crippen molar-refractivity contribution in [1.29, 1.82) is 0 Å². The fraction of sp³-hybridized carbons (Fsp3) is 0. The molecule has 0 bridgehead atoms. The molecule has 0 aromatic heterocycles. The molecule has 198 valence electrons. The Balaban J connectivity index is 0.00000323. The van der Waals surface area contributed by atoms with E-state index in [0.29, 0.717) is 0 Å². The van der Waals surface area contributed by atoms with Gasteiger partial charge in [-0.1, -0.05) is 158 Å². The maximum absolute atomic E-state index is 6.92. The SMILES string of the molecule is [Ni].c1ccc(P(c2ccccc2)c2ccccc2Oc2ccccc2P(c2ccccc2)c2ccccc2)cc1. The molecule has 40 heavy (non-hydrogen) atoms. The minimum atomic E-state index is -0.795. The molecule has 0 radical (unpaired) electrons. The maximum atomic E-state index is 6.92. The second-order valence-corrected chi connectivity index (χ2v) is 13.4. The standard InChI is InChI=1S/C36H28OP2.Ni/c1-5-17-29(18-6-1)38(30-19-7-2-8-20-30)35-27-15-13-25-33(35)37-34-26-14-16-28-36(34)39(31-21-9-3-10-22-31)32-23-11-4-12-24-32;/h1-28H;. The van der Waals surface area contributed by atoms with Gasteiger partial charge in [0.25, 0.3) is 0 Å². The molecule has 0 amide bonds. The normalized spacial score (nSPS) is 10.8. The number of rotatable bonds is 8. The minimum absolute atomic E-state index is 0. The van der Waals surface area contributed by atoms with E-state index < -0.39 is 15.8 Å². The molecule has 6 aromatic carbocycles. The van der Waals surface area contributed by atoms with Gasteiger partial charge in [0.2, 0.25) is 0 Å². The summed E-state index contributed by atoms with van der Waals surface area (Å²) in [7, 11) is -1.59. The van der Waals surface area contributed by atoms with Crippen LogP contribution in [0.1, 0.15) is 0 Å². The molecule has 4 heteroatoms. The summed E-state index contributed by atoms with van der Waals surface area (Å²) in [6.45, 7) is 0. The van der Waals surface area contributed by atoms with Crippen LogP contribution in [0.4, 0.5) is 0 Å². The molecule has 0 N–H and O–H groups in total. The number of benzene rings is 6. The van der Waals surface area contributed by atoms with Gasteiger partial charge in [-0.2, -0.15) is 0 Å². The van der Waals surface area contributed by atoms with Crippen LogP contribution in [0.5, 0.6) is 11.5 Å². The molecule has 0 unspecified atom stereocenters. The summed E-state index contributed by atoms with van der Waals surface area (Å²) in [6, 6.07) is 60.2. The fourth-order valence-electron chi connectivity index (χ4n) is 4.74. The summed E-state index contributed by atoms with van der Waals surface area (Å²) < 4.78 is 6.92. The van der Waals surface area contributed by atoms with Crippen molar-refractivity contribution in [2.75, 3.05) is 0 Å². The molecule has 0 fully saturated rings. The summed E-state index contributed by atoms with van der Waals surface area (Å²) in [6.07, 6.45) is 0. The molecule has 0 spiro atoms. The van der Waals surface area contributed by atoms with Gasteiger partial charge in [-0.25, -0.2) is 0 Å². The average Bonchev–Trinajstić information content (AvgIpc) is 3.01. The van der Waals surface area contributed by atoms with Crippen LogP contribution < -0.4 is 36.6 Å². The number of para-hydroxylation sites is 2. The van der Waals surface area contributed by atoms with Crippen molar-refractivity contribution in [1.82, 2.24) is 0 Å². The van der Waals surface area contributed by atoms with Crippen molar-refractivity contribution in [3.05, 3.63) is 170 Å². The van der Waals surface area contributed by atoms with Crippen LogP contribution in [0.3, 0.4) is 0 Å². The first-order valence-electron chi connectivity index (χ1n) is 13.0. The Bertz CT molecular complexity index is 1420. The molecule has 0 atom stereocenters. The third-order valence-corrected chi connectivity index (χ3v) is 11.5. The van der Waals surface area contributed by atoms with E-state index in [-0.39, 0.29) is 16.5 Å². The van der Waals surface area contributed by atoms with Crippen molar-refractivity contribution >= 4 is 47.7 Å². The van der Waals surface area contributed by atoms with Crippen molar-refractivity contribution in [3.63, 3.8) is 0 Å². The van der Waals surface area contributed by atoms with Gasteiger partial charge in [-0.15, -0.1) is 0 Å². The van der Waals surface area contributed by atoms with Crippen LogP contribution in [0, 0.1) is 0 Å². The van der Waals surface area contributed by atoms with Gasteiger partial charge in [0.15, 0.2) is 0 Å². The van der Waals surface area contributed by atoms with Crippen LogP contribution in [0.2, 0.25) is 0 Å². The van der Waals surface area contributed by atoms with E-state index in [1.807, 2.05) is 0 Å². The van der Waals surface area contributed by atoms with Crippen LogP contribution in [-0.4, -0.2) is 0 Å². The third kappa shape index (κ3) is 6.27. The summed E-state index contributed by atoms with van der Waals surface area (Å²) in [4.78, 5) is 0. The fourth-order valence-corrected chi connectivity index (χ4v) is 9.48. The van der Waals surface area contributed by atoms with Gasteiger partial charge in [0.05, 0.1) is 0 Å². The molecule has 0 aliphatic heterocycles. The number of ether oxygens (including phenoxy) is 1. The Labute approximate surface area is 249 Å². The number of hydrogen-bond acceptors (Lipinski definition) is 1. The van der Waals surface area contributed by atoms with Crippen molar-refractivity contribution in [2.45, 2.75) is 0 Å². The smallest absolute Gasteiger partial charge is 0.135 e. The van der Waals surface area contributed by atoms with E-state index in [1.165, 1.54) is 31.8 Å². The molecule has 0 aliphatic rings. The van der Waals surface area contributed by atoms with Crippen molar-refractivity contribution in [3.8, 4) is 11.5 Å². The summed E-state index contributed by atoms with van der Waals surface area (Å²) in [5, 5.41) is 7.64.